The quantitative estimate of drug-likeness (QED) is 0.545. The Balaban J connectivity index is 2.94. The first-order valence-corrected chi connectivity index (χ1v) is 5.13. The Bertz CT molecular complexity index is 337. The van der Waals surface area contributed by atoms with Gasteiger partial charge in [-0.1, -0.05) is 31.5 Å². The first-order valence-electron chi connectivity index (χ1n) is 5.13. The zero-order chi connectivity index (χ0) is 11.3. The Morgan fingerprint density at radius 3 is 2.67 bits per heavy atom. The van der Waals surface area contributed by atoms with Gasteiger partial charge in [0.1, 0.15) is 6.29 Å². The van der Waals surface area contributed by atoms with Gasteiger partial charge in [-0.05, 0) is 23.9 Å². The minimum Gasteiger partial charge on any atom is -0.423 e. The zero-order valence-corrected chi connectivity index (χ0v) is 8.81. The van der Waals surface area contributed by atoms with Crippen molar-refractivity contribution in [2.24, 2.45) is 0 Å². The maximum atomic E-state index is 10.6. The van der Waals surface area contributed by atoms with Crippen LogP contribution in [-0.2, 0) is 6.42 Å². The summed E-state index contributed by atoms with van der Waals surface area (Å²) in [5.41, 5.74) is 1.66. The maximum Gasteiger partial charge on any atom is 0.489 e. The second-order valence-electron chi connectivity index (χ2n) is 3.56. The van der Waals surface area contributed by atoms with Crippen molar-refractivity contribution in [3.05, 3.63) is 29.3 Å². The van der Waals surface area contributed by atoms with Crippen molar-refractivity contribution in [3.63, 3.8) is 0 Å². The van der Waals surface area contributed by atoms with Crippen LogP contribution in [0.4, 0.5) is 0 Å². The van der Waals surface area contributed by atoms with Crippen LogP contribution in [0.1, 0.15) is 35.7 Å². The highest BCUT2D eigenvalue weighted by atomic mass is 16.4. The Labute approximate surface area is 89.9 Å². The summed E-state index contributed by atoms with van der Waals surface area (Å²) in [4.78, 5) is 10.6. The Morgan fingerprint density at radius 2 is 2.13 bits per heavy atom. The molecule has 1 aromatic rings. The van der Waals surface area contributed by atoms with E-state index in [1.807, 2.05) is 6.07 Å². The summed E-state index contributed by atoms with van der Waals surface area (Å²) >= 11 is 0. The molecule has 0 saturated carbocycles. The first-order chi connectivity index (χ1) is 7.19. The molecular weight excluding hydrogens is 191 g/mol. The van der Waals surface area contributed by atoms with E-state index in [-0.39, 0.29) is 0 Å². The summed E-state index contributed by atoms with van der Waals surface area (Å²) in [6.07, 6.45) is 3.68. The molecule has 3 nitrogen and oxygen atoms in total. The molecule has 0 amide bonds. The van der Waals surface area contributed by atoms with E-state index in [0.717, 1.165) is 24.8 Å². The topological polar surface area (TPSA) is 57.5 Å². The summed E-state index contributed by atoms with van der Waals surface area (Å²) in [5.74, 6) is 0. The molecule has 2 N–H and O–H groups in total. The lowest BCUT2D eigenvalue weighted by Gasteiger charge is -2.06. The fourth-order valence-corrected chi connectivity index (χ4v) is 1.49. The largest absolute Gasteiger partial charge is 0.489 e. The van der Waals surface area contributed by atoms with E-state index >= 15 is 0 Å². The summed E-state index contributed by atoms with van der Waals surface area (Å²) in [7, 11) is -1.58. The Morgan fingerprint density at radius 1 is 1.40 bits per heavy atom. The van der Waals surface area contributed by atoms with Gasteiger partial charge in [-0.25, -0.2) is 0 Å². The number of carbonyl (C=O) groups is 1. The van der Waals surface area contributed by atoms with E-state index in [4.69, 9.17) is 10.0 Å². The molecule has 0 aliphatic carbocycles. The summed E-state index contributed by atoms with van der Waals surface area (Å²) in [5, 5.41) is 18.2. The number of hydrogen-bond donors (Lipinski definition) is 2. The smallest absolute Gasteiger partial charge is 0.423 e. The standard InChI is InChI=1S/C11H15BO3/c1-2-3-4-9-5-6-10(8-13)11(7-9)12(14)15/h5-8,14-15H,2-4H2,1H3. The number of benzene rings is 1. The normalized spacial score (nSPS) is 10.1. The summed E-state index contributed by atoms with van der Waals surface area (Å²) < 4.78 is 0. The van der Waals surface area contributed by atoms with Gasteiger partial charge in [-0.2, -0.15) is 0 Å². The highest BCUT2D eigenvalue weighted by molar-refractivity contribution is 6.60. The van der Waals surface area contributed by atoms with Crippen molar-refractivity contribution >= 4 is 18.9 Å². The predicted molar refractivity (Wildman–Crippen MR) is 60.3 cm³/mol. The molecule has 0 radical (unpaired) electrons. The lowest BCUT2D eigenvalue weighted by Crippen LogP contribution is -2.33. The van der Waals surface area contributed by atoms with E-state index in [2.05, 4.69) is 6.92 Å². The monoisotopic (exact) mass is 206 g/mol. The molecule has 0 heterocycles. The van der Waals surface area contributed by atoms with Gasteiger partial charge >= 0.3 is 7.12 Å². The number of rotatable bonds is 5. The number of carbonyl (C=O) groups excluding carboxylic acids is 1. The third kappa shape index (κ3) is 3.18. The number of aryl methyl sites for hydroxylation is 1. The summed E-state index contributed by atoms with van der Waals surface area (Å²) in [6.45, 7) is 2.10. The van der Waals surface area contributed by atoms with Crippen molar-refractivity contribution < 1.29 is 14.8 Å². The van der Waals surface area contributed by atoms with Crippen molar-refractivity contribution in [2.45, 2.75) is 26.2 Å². The predicted octanol–water partition coefficient (Wildman–Crippen LogP) is 0.522. The second-order valence-corrected chi connectivity index (χ2v) is 3.56. The van der Waals surface area contributed by atoms with Crippen LogP contribution < -0.4 is 5.46 Å². The highest BCUT2D eigenvalue weighted by Gasteiger charge is 2.15. The second kappa shape index (κ2) is 5.68. The van der Waals surface area contributed by atoms with E-state index < -0.39 is 7.12 Å². The third-order valence-corrected chi connectivity index (χ3v) is 2.38. The van der Waals surface area contributed by atoms with Gasteiger partial charge in [-0.15, -0.1) is 0 Å². The van der Waals surface area contributed by atoms with Crippen LogP contribution in [0, 0.1) is 0 Å². The van der Waals surface area contributed by atoms with Crippen LogP contribution in [0.25, 0.3) is 0 Å². The molecule has 15 heavy (non-hydrogen) atoms. The minimum atomic E-state index is -1.58. The van der Waals surface area contributed by atoms with Crippen molar-refractivity contribution in [1.29, 1.82) is 0 Å². The molecule has 4 heteroatoms. The summed E-state index contributed by atoms with van der Waals surface area (Å²) in [6, 6.07) is 5.17. The number of aldehydes is 1. The molecule has 0 atom stereocenters. The van der Waals surface area contributed by atoms with Crippen LogP contribution in [0.2, 0.25) is 0 Å². The van der Waals surface area contributed by atoms with Crippen molar-refractivity contribution in [3.8, 4) is 0 Å². The molecule has 0 unspecified atom stereocenters. The Kier molecular flexibility index (Phi) is 4.53. The van der Waals surface area contributed by atoms with E-state index in [1.54, 1.807) is 12.1 Å². The average molecular weight is 206 g/mol. The molecule has 1 rings (SSSR count). The van der Waals surface area contributed by atoms with Crippen LogP contribution >= 0.6 is 0 Å². The number of unbranched alkanes of at least 4 members (excludes halogenated alkanes) is 1. The molecule has 0 spiro atoms. The fourth-order valence-electron chi connectivity index (χ4n) is 1.49. The van der Waals surface area contributed by atoms with Gasteiger partial charge in [0.2, 0.25) is 0 Å². The zero-order valence-electron chi connectivity index (χ0n) is 8.81. The van der Waals surface area contributed by atoms with E-state index in [1.165, 1.54) is 0 Å². The van der Waals surface area contributed by atoms with Gasteiger partial charge in [0, 0.05) is 5.56 Å². The SMILES string of the molecule is CCCCc1ccc(C=O)c(B(O)O)c1. The van der Waals surface area contributed by atoms with Gasteiger partial charge < -0.3 is 10.0 Å². The van der Waals surface area contributed by atoms with Gasteiger partial charge in [0.15, 0.2) is 0 Å². The van der Waals surface area contributed by atoms with Gasteiger partial charge in [0.25, 0.3) is 0 Å². The molecular formula is C11H15BO3. The molecule has 1 aromatic carbocycles. The molecule has 0 aliphatic heterocycles. The van der Waals surface area contributed by atoms with Crippen LogP contribution in [0.3, 0.4) is 0 Å². The maximum absolute atomic E-state index is 10.6. The highest BCUT2D eigenvalue weighted by Crippen LogP contribution is 2.05. The Hall–Kier alpha value is -1.13. The fraction of sp³-hybridized carbons (Fsp3) is 0.364. The molecule has 0 bridgehead atoms. The van der Waals surface area contributed by atoms with Gasteiger partial charge in [0.05, 0.1) is 0 Å². The average Bonchev–Trinajstić information content (AvgIpc) is 2.25. The lowest BCUT2D eigenvalue weighted by molar-refractivity contribution is 0.112. The molecule has 0 fully saturated rings. The van der Waals surface area contributed by atoms with Crippen molar-refractivity contribution in [2.75, 3.05) is 0 Å². The van der Waals surface area contributed by atoms with Gasteiger partial charge in [-0.3, -0.25) is 4.79 Å². The van der Waals surface area contributed by atoms with E-state index in [0.29, 0.717) is 17.3 Å². The lowest BCUT2D eigenvalue weighted by atomic mass is 9.76. The van der Waals surface area contributed by atoms with Crippen LogP contribution in [0.5, 0.6) is 0 Å². The molecule has 0 aromatic heterocycles. The van der Waals surface area contributed by atoms with Crippen LogP contribution in [0.15, 0.2) is 18.2 Å². The van der Waals surface area contributed by atoms with Crippen molar-refractivity contribution in [1.82, 2.24) is 0 Å². The van der Waals surface area contributed by atoms with Crippen LogP contribution in [-0.4, -0.2) is 23.5 Å². The number of hydrogen-bond acceptors (Lipinski definition) is 3. The van der Waals surface area contributed by atoms with E-state index in [9.17, 15) is 4.79 Å². The third-order valence-electron chi connectivity index (χ3n) is 2.38. The molecule has 0 saturated heterocycles. The molecule has 0 aliphatic rings. The minimum absolute atomic E-state index is 0.290. The molecule has 80 valence electrons. The first kappa shape index (κ1) is 11.9.